The van der Waals surface area contributed by atoms with E-state index in [-0.39, 0.29) is 25.0 Å². The molecule has 7 nitrogen and oxygen atoms in total. The van der Waals surface area contributed by atoms with Crippen LogP contribution in [0.15, 0.2) is 42.5 Å². The molecule has 1 atom stereocenters. The summed E-state index contributed by atoms with van der Waals surface area (Å²) in [6, 6.07) is 12.5. The molecule has 1 saturated carbocycles. The van der Waals surface area contributed by atoms with Gasteiger partial charge in [0.2, 0.25) is 21.8 Å². The summed E-state index contributed by atoms with van der Waals surface area (Å²) in [5.74, 6) is -0.634. The molecule has 0 spiro atoms. The van der Waals surface area contributed by atoms with Crippen LogP contribution in [0.2, 0.25) is 0 Å². The molecular weight excluding hydrogens is 474 g/mol. The van der Waals surface area contributed by atoms with Crippen LogP contribution in [-0.4, -0.2) is 50.0 Å². The number of nitrogens with one attached hydrogen (secondary N) is 1. The van der Waals surface area contributed by atoms with Crippen molar-refractivity contribution in [1.29, 1.82) is 0 Å². The summed E-state index contributed by atoms with van der Waals surface area (Å²) in [6.45, 7) is 7.39. The second-order valence-electron chi connectivity index (χ2n) is 10.1. The average molecular weight is 514 g/mol. The Hall–Kier alpha value is -2.87. The van der Waals surface area contributed by atoms with E-state index in [1.165, 1.54) is 11.3 Å². The number of aryl methyl sites for hydroxylation is 3. The number of carbonyl (C=O) groups excluding carboxylic acids is 2. The minimum Gasteiger partial charge on any atom is -0.352 e. The van der Waals surface area contributed by atoms with Crippen LogP contribution >= 0.6 is 0 Å². The molecule has 3 rings (SSSR count). The van der Waals surface area contributed by atoms with Crippen LogP contribution in [0.25, 0.3) is 0 Å². The third-order valence-corrected chi connectivity index (χ3v) is 8.19. The Morgan fingerprint density at radius 3 is 2.19 bits per heavy atom. The van der Waals surface area contributed by atoms with Gasteiger partial charge in [0.15, 0.2) is 0 Å². The van der Waals surface area contributed by atoms with Gasteiger partial charge in [0.25, 0.3) is 0 Å². The van der Waals surface area contributed by atoms with Gasteiger partial charge in [-0.1, -0.05) is 55.2 Å². The Balaban J connectivity index is 1.87. The first-order valence-corrected chi connectivity index (χ1v) is 14.5. The number of hydrogen-bond donors (Lipinski definition) is 1. The molecule has 0 aromatic heterocycles. The normalized spacial score (nSPS) is 15.2. The zero-order valence-electron chi connectivity index (χ0n) is 22.1. The molecule has 2 aromatic carbocycles. The number of amides is 2. The van der Waals surface area contributed by atoms with E-state index in [9.17, 15) is 18.0 Å². The molecule has 0 unspecified atom stereocenters. The van der Waals surface area contributed by atoms with Crippen molar-refractivity contribution in [1.82, 2.24) is 10.2 Å². The van der Waals surface area contributed by atoms with Gasteiger partial charge in [-0.25, -0.2) is 8.42 Å². The molecule has 1 aliphatic carbocycles. The van der Waals surface area contributed by atoms with Gasteiger partial charge in [0.1, 0.15) is 12.6 Å². The number of benzene rings is 2. The molecule has 1 N–H and O–H groups in total. The summed E-state index contributed by atoms with van der Waals surface area (Å²) in [5.41, 5.74) is 4.38. The first kappa shape index (κ1) is 27.7. The van der Waals surface area contributed by atoms with Crippen molar-refractivity contribution in [3.05, 3.63) is 64.7 Å². The van der Waals surface area contributed by atoms with Crippen LogP contribution in [0.5, 0.6) is 0 Å². The smallest absolute Gasteiger partial charge is 0.244 e. The lowest BCUT2D eigenvalue weighted by molar-refractivity contribution is -0.139. The third kappa shape index (κ3) is 7.32. The molecule has 1 aliphatic rings. The Bertz CT molecular complexity index is 1170. The fourth-order valence-corrected chi connectivity index (χ4v) is 5.38. The summed E-state index contributed by atoms with van der Waals surface area (Å²) in [6.07, 6.45) is 6.34. The predicted octanol–water partition coefficient (Wildman–Crippen LogP) is 4.24. The monoisotopic (exact) mass is 513 g/mol. The maximum absolute atomic E-state index is 13.7. The lowest BCUT2D eigenvalue weighted by Gasteiger charge is -2.33. The summed E-state index contributed by atoms with van der Waals surface area (Å²) < 4.78 is 26.6. The van der Waals surface area contributed by atoms with Crippen molar-refractivity contribution in [2.24, 2.45) is 0 Å². The van der Waals surface area contributed by atoms with Crippen LogP contribution in [-0.2, 0) is 26.2 Å². The molecule has 2 amide bonds. The number of nitrogens with zero attached hydrogens (tertiary/aromatic N) is 2. The maximum Gasteiger partial charge on any atom is 0.244 e. The first-order chi connectivity index (χ1) is 17.0. The molecule has 196 valence electrons. The topological polar surface area (TPSA) is 86.8 Å². The van der Waals surface area contributed by atoms with Gasteiger partial charge >= 0.3 is 0 Å². The summed E-state index contributed by atoms with van der Waals surface area (Å²) >= 11 is 0. The van der Waals surface area contributed by atoms with Gasteiger partial charge in [-0.15, -0.1) is 0 Å². The quantitative estimate of drug-likeness (QED) is 0.543. The van der Waals surface area contributed by atoms with Crippen LogP contribution < -0.4 is 9.62 Å². The molecule has 1 fully saturated rings. The predicted molar refractivity (Wildman–Crippen MR) is 144 cm³/mol. The fraction of sp³-hybridized carbons (Fsp3) is 0.500. The molecule has 0 saturated heterocycles. The highest BCUT2D eigenvalue weighted by Crippen LogP contribution is 2.23. The molecular formula is C28H39N3O4S. The molecule has 0 aliphatic heterocycles. The number of sulfonamides is 1. The number of carbonyl (C=O) groups is 2. The number of hydrogen-bond acceptors (Lipinski definition) is 4. The Labute approximate surface area is 215 Å². The lowest BCUT2D eigenvalue weighted by Crippen LogP contribution is -2.53. The van der Waals surface area contributed by atoms with Crippen LogP contribution in [0.1, 0.15) is 61.3 Å². The molecule has 36 heavy (non-hydrogen) atoms. The number of rotatable bonds is 9. The van der Waals surface area contributed by atoms with Crippen molar-refractivity contribution in [3.63, 3.8) is 0 Å². The highest BCUT2D eigenvalue weighted by molar-refractivity contribution is 7.92. The maximum atomic E-state index is 13.7. The van der Waals surface area contributed by atoms with Crippen molar-refractivity contribution in [2.45, 2.75) is 78.4 Å². The highest BCUT2D eigenvalue weighted by Gasteiger charge is 2.31. The summed E-state index contributed by atoms with van der Waals surface area (Å²) in [4.78, 5) is 28.4. The summed E-state index contributed by atoms with van der Waals surface area (Å²) in [5, 5.41) is 3.11. The number of anilines is 1. The Kier molecular flexibility index (Phi) is 9.17. The SMILES string of the molecule is Cc1ccc(CN(C(=O)CN(c2ccc(C)c(C)c2)S(C)(=O)=O)[C@H](C)C(=O)NC2CCCCC2)cc1. The Morgan fingerprint density at radius 2 is 1.61 bits per heavy atom. The fourth-order valence-electron chi connectivity index (χ4n) is 4.54. The van der Waals surface area contributed by atoms with E-state index in [4.69, 9.17) is 0 Å². The zero-order chi connectivity index (χ0) is 26.5. The molecule has 8 heteroatoms. The molecule has 0 radical (unpaired) electrons. The van der Waals surface area contributed by atoms with Crippen molar-refractivity contribution in [3.8, 4) is 0 Å². The lowest BCUT2D eigenvalue weighted by atomic mass is 9.95. The van der Waals surface area contributed by atoms with Gasteiger partial charge in [-0.2, -0.15) is 0 Å². The third-order valence-electron chi connectivity index (χ3n) is 7.05. The summed E-state index contributed by atoms with van der Waals surface area (Å²) in [7, 11) is -3.74. The van der Waals surface area contributed by atoms with E-state index >= 15 is 0 Å². The van der Waals surface area contributed by atoms with E-state index < -0.39 is 22.0 Å². The minimum atomic E-state index is -3.74. The van der Waals surface area contributed by atoms with Crippen LogP contribution in [0.4, 0.5) is 5.69 Å². The van der Waals surface area contributed by atoms with E-state index in [0.717, 1.165) is 58.5 Å². The molecule has 2 aromatic rings. The average Bonchev–Trinajstić information content (AvgIpc) is 2.83. The van der Waals surface area contributed by atoms with Crippen molar-refractivity contribution >= 4 is 27.5 Å². The van der Waals surface area contributed by atoms with Gasteiger partial charge in [0.05, 0.1) is 11.9 Å². The first-order valence-electron chi connectivity index (χ1n) is 12.7. The van der Waals surface area contributed by atoms with Crippen LogP contribution in [0, 0.1) is 20.8 Å². The van der Waals surface area contributed by atoms with Crippen LogP contribution in [0.3, 0.4) is 0 Å². The molecule has 0 bridgehead atoms. The zero-order valence-corrected chi connectivity index (χ0v) is 22.9. The molecule has 0 heterocycles. The van der Waals surface area contributed by atoms with E-state index in [2.05, 4.69) is 5.32 Å². The van der Waals surface area contributed by atoms with E-state index in [1.54, 1.807) is 19.1 Å². The van der Waals surface area contributed by atoms with E-state index in [1.807, 2.05) is 51.1 Å². The van der Waals surface area contributed by atoms with E-state index in [0.29, 0.717) is 5.69 Å². The van der Waals surface area contributed by atoms with Gasteiger partial charge in [-0.3, -0.25) is 13.9 Å². The largest absolute Gasteiger partial charge is 0.352 e. The second kappa shape index (κ2) is 11.9. The highest BCUT2D eigenvalue weighted by atomic mass is 32.2. The standard InChI is InChI=1S/C28H39N3O4S/c1-20-11-14-24(15-12-20)18-30(23(4)28(33)29-25-9-7-6-8-10-25)27(32)19-31(36(5,34)35)26-16-13-21(2)22(3)17-26/h11-17,23,25H,6-10,18-19H2,1-5H3,(H,29,33)/t23-/m1/s1. The second-order valence-corrected chi connectivity index (χ2v) is 12.0. The minimum absolute atomic E-state index is 0.119. The van der Waals surface area contributed by atoms with Crippen molar-refractivity contribution < 1.29 is 18.0 Å². The van der Waals surface area contributed by atoms with Gasteiger partial charge < -0.3 is 10.2 Å². The van der Waals surface area contributed by atoms with Gasteiger partial charge in [-0.05, 0) is 69.4 Å². The van der Waals surface area contributed by atoms with Gasteiger partial charge in [0, 0.05) is 12.6 Å². The van der Waals surface area contributed by atoms with Crippen molar-refractivity contribution in [2.75, 3.05) is 17.1 Å². The Morgan fingerprint density at radius 1 is 0.972 bits per heavy atom.